The Morgan fingerprint density at radius 2 is 2.05 bits per heavy atom. The molecule has 0 radical (unpaired) electrons. The summed E-state index contributed by atoms with van der Waals surface area (Å²) in [5.74, 6) is 1.60. The molecule has 0 atom stereocenters. The molecule has 1 saturated carbocycles. The summed E-state index contributed by atoms with van der Waals surface area (Å²) in [5, 5.41) is 9.35. The van der Waals surface area contributed by atoms with Crippen molar-refractivity contribution in [2.75, 3.05) is 25.2 Å². The number of anilines is 1. The first-order valence-electron chi connectivity index (χ1n) is 7.15. The lowest BCUT2D eigenvalue weighted by atomic mass is 9.94. The van der Waals surface area contributed by atoms with E-state index < -0.39 is 0 Å². The topological polar surface area (TPSA) is 45.6 Å². The minimum atomic E-state index is 0.162. The lowest BCUT2D eigenvalue weighted by molar-refractivity contribution is 0.289. The van der Waals surface area contributed by atoms with Gasteiger partial charge in [0.05, 0.1) is 13.7 Å². The lowest BCUT2D eigenvalue weighted by Gasteiger charge is -2.35. The van der Waals surface area contributed by atoms with Gasteiger partial charge in [0.1, 0.15) is 5.82 Å². The summed E-state index contributed by atoms with van der Waals surface area (Å²) in [6.07, 6.45) is 6.26. The van der Waals surface area contributed by atoms with E-state index in [0.29, 0.717) is 18.5 Å². The van der Waals surface area contributed by atoms with Gasteiger partial charge >= 0.3 is 0 Å². The summed E-state index contributed by atoms with van der Waals surface area (Å²) in [6, 6.07) is 4.42. The second kappa shape index (κ2) is 6.75. The van der Waals surface area contributed by atoms with E-state index in [1.165, 1.54) is 32.1 Å². The molecule has 0 spiro atoms. The summed E-state index contributed by atoms with van der Waals surface area (Å²) in [4.78, 5) is 6.84. The van der Waals surface area contributed by atoms with Crippen molar-refractivity contribution in [3.05, 3.63) is 17.7 Å². The Hall–Kier alpha value is -1.29. The molecule has 1 fully saturated rings. The summed E-state index contributed by atoms with van der Waals surface area (Å²) >= 11 is 0. The van der Waals surface area contributed by atoms with Crippen LogP contribution >= 0.6 is 0 Å². The van der Waals surface area contributed by atoms with Gasteiger partial charge in [0, 0.05) is 18.7 Å². The number of aryl methyl sites for hydroxylation is 1. The van der Waals surface area contributed by atoms with E-state index in [2.05, 4.69) is 16.8 Å². The quantitative estimate of drug-likeness (QED) is 0.887. The van der Waals surface area contributed by atoms with Gasteiger partial charge in [0.2, 0.25) is 5.88 Å². The smallest absolute Gasteiger partial charge is 0.214 e. The predicted molar refractivity (Wildman–Crippen MR) is 76.8 cm³/mol. The molecular weight excluding hydrogens is 240 g/mol. The molecule has 0 amide bonds. The zero-order chi connectivity index (χ0) is 13.7. The van der Waals surface area contributed by atoms with E-state index in [4.69, 9.17) is 4.74 Å². The maximum atomic E-state index is 9.35. The minimum Gasteiger partial charge on any atom is -0.481 e. The van der Waals surface area contributed by atoms with Crippen LogP contribution in [0.1, 0.15) is 37.7 Å². The molecule has 1 heterocycles. The fraction of sp³-hybridized carbons (Fsp3) is 0.667. The van der Waals surface area contributed by atoms with Crippen molar-refractivity contribution in [3.63, 3.8) is 0 Å². The second-order valence-electron chi connectivity index (χ2n) is 5.20. The number of hydrogen-bond donors (Lipinski definition) is 1. The number of aromatic nitrogens is 1. The first kappa shape index (κ1) is 14.1. The molecule has 1 aliphatic rings. The molecule has 1 N–H and O–H groups in total. The third kappa shape index (κ3) is 3.38. The van der Waals surface area contributed by atoms with E-state index in [-0.39, 0.29) is 6.61 Å². The van der Waals surface area contributed by atoms with Crippen LogP contribution in [-0.4, -0.2) is 36.4 Å². The normalized spacial score (nSPS) is 16.4. The predicted octanol–water partition coefficient (Wildman–Crippen LogP) is 2.53. The SMILES string of the molecule is COc1ccc(C)c(N(CCO)C2CCCCC2)n1. The maximum absolute atomic E-state index is 9.35. The van der Waals surface area contributed by atoms with E-state index in [9.17, 15) is 5.11 Å². The fourth-order valence-corrected chi connectivity index (χ4v) is 2.87. The van der Waals surface area contributed by atoms with E-state index >= 15 is 0 Å². The standard InChI is InChI=1S/C15H24N2O2/c1-12-8-9-14(19-2)16-15(12)17(10-11-18)13-6-4-3-5-7-13/h8-9,13,18H,3-7,10-11H2,1-2H3. The molecule has 0 unspecified atom stereocenters. The van der Waals surface area contributed by atoms with Crippen molar-refractivity contribution in [2.24, 2.45) is 0 Å². The molecule has 4 heteroatoms. The number of rotatable bonds is 5. The highest BCUT2D eigenvalue weighted by molar-refractivity contribution is 5.49. The van der Waals surface area contributed by atoms with E-state index in [1.54, 1.807) is 7.11 Å². The van der Waals surface area contributed by atoms with Gasteiger partial charge in [0.15, 0.2) is 0 Å². The van der Waals surface area contributed by atoms with Crippen LogP contribution in [0.2, 0.25) is 0 Å². The summed E-state index contributed by atoms with van der Waals surface area (Å²) in [7, 11) is 1.64. The van der Waals surface area contributed by atoms with Gasteiger partial charge < -0.3 is 14.7 Å². The Kier molecular flexibility index (Phi) is 5.02. The van der Waals surface area contributed by atoms with Crippen LogP contribution in [0.4, 0.5) is 5.82 Å². The average Bonchev–Trinajstić information content (AvgIpc) is 2.47. The summed E-state index contributed by atoms with van der Waals surface area (Å²) < 4.78 is 5.23. The van der Waals surface area contributed by atoms with Gasteiger partial charge in [-0.15, -0.1) is 0 Å². The van der Waals surface area contributed by atoms with Gasteiger partial charge in [-0.2, -0.15) is 4.98 Å². The number of ether oxygens (including phenoxy) is 1. The van der Waals surface area contributed by atoms with Crippen molar-refractivity contribution in [2.45, 2.75) is 45.1 Å². The Bertz CT molecular complexity index is 403. The largest absolute Gasteiger partial charge is 0.481 e. The molecule has 1 aromatic heterocycles. The summed E-state index contributed by atoms with van der Waals surface area (Å²) in [5.41, 5.74) is 1.14. The molecular formula is C15H24N2O2. The number of aliphatic hydroxyl groups excluding tert-OH is 1. The Morgan fingerprint density at radius 1 is 1.32 bits per heavy atom. The van der Waals surface area contributed by atoms with Crippen LogP contribution < -0.4 is 9.64 Å². The highest BCUT2D eigenvalue weighted by Crippen LogP contribution is 2.29. The number of methoxy groups -OCH3 is 1. The zero-order valence-corrected chi connectivity index (χ0v) is 11.9. The number of hydrogen-bond acceptors (Lipinski definition) is 4. The molecule has 0 saturated heterocycles. The van der Waals surface area contributed by atoms with Crippen molar-refractivity contribution >= 4 is 5.82 Å². The van der Waals surface area contributed by atoms with Crippen LogP contribution in [0.5, 0.6) is 5.88 Å². The number of nitrogens with zero attached hydrogens (tertiary/aromatic N) is 2. The van der Waals surface area contributed by atoms with Gasteiger partial charge in [-0.25, -0.2) is 0 Å². The first-order chi connectivity index (χ1) is 9.26. The lowest BCUT2D eigenvalue weighted by Crippen LogP contribution is -2.39. The Labute approximate surface area is 115 Å². The average molecular weight is 264 g/mol. The zero-order valence-electron chi connectivity index (χ0n) is 11.9. The molecule has 1 aliphatic carbocycles. The van der Waals surface area contributed by atoms with Crippen molar-refractivity contribution in [1.29, 1.82) is 0 Å². The third-order valence-electron chi connectivity index (χ3n) is 3.88. The van der Waals surface area contributed by atoms with E-state index in [0.717, 1.165) is 11.4 Å². The maximum Gasteiger partial charge on any atom is 0.214 e. The van der Waals surface area contributed by atoms with Gasteiger partial charge in [-0.1, -0.05) is 25.3 Å². The van der Waals surface area contributed by atoms with Crippen LogP contribution in [0.25, 0.3) is 0 Å². The van der Waals surface area contributed by atoms with Crippen molar-refractivity contribution < 1.29 is 9.84 Å². The minimum absolute atomic E-state index is 0.162. The van der Waals surface area contributed by atoms with Gasteiger partial charge in [0.25, 0.3) is 0 Å². The van der Waals surface area contributed by atoms with Gasteiger partial charge in [-0.3, -0.25) is 0 Å². The van der Waals surface area contributed by atoms with Gasteiger partial charge in [-0.05, 0) is 25.3 Å². The molecule has 2 rings (SSSR count). The Morgan fingerprint density at radius 3 is 2.68 bits per heavy atom. The second-order valence-corrected chi connectivity index (χ2v) is 5.20. The van der Waals surface area contributed by atoms with Crippen molar-refractivity contribution in [3.8, 4) is 5.88 Å². The van der Waals surface area contributed by atoms with E-state index in [1.807, 2.05) is 12.1 Å². The fourth-order valence-electron chi connectivity index (χ4n) is 2.87. The van der Waals surface area contributed by atoms with Crippen LogP contribution in [0, 0.1) is 6.92 Å². The van der Waals surface area contributed by atoms with Crippen molar-refractivity contribution in [1.82, 2.24) is 4.98 Å². The molecule has 4 nitrogen and oxygen atoms in total. The molecule has 1 aromatic rings. The molecule has 106 valence electrons. The number of aliphatic hydroxyl groups is 1. The number of pyridine rings is 1. The Balaban J connectivity index is 2.26. The van der Waals surface area contributed by atoms with Crippen LogP contribution in [0.15, 0.2) is 12.1 Å². The third-order valence-corrected chi connectivity index (χ3v) is 3.88. The highest BCUT2D eigenvalue weighted by atomic mass is 16.5. The first-order valence-corrected chi connectivity index (χ1v) is 7.15. The molecule has 0 bridgehead atoms. The highest BCUT2D eigenvalue weighted by Gasteiger charge is 2.23. The van der Waals surface area contributed by atoms with Crippen LogP contribution in [-0.2, 0) is 0 Å². The monoisotopic (exact) mass is 264 g/mol. The molecule has 0 aromatic carbocycles. The molecule has 0 aliphatic heterocycles. The molecule has 19 heavy (non-hydrogen) atoms. The van der Waals surface area contributed by atoms with Crippen LogP contribution in [0.3, 0.4) is 0 Å². The summed E-state index contributed by atoms with van der Waals surface area (Å²) in [6.45, 7) is 2.87.